The predicted octanol–water partition coefficient (Wildman–Crippen LogP) is 2.97. The van der Waals surface area contributed by atoms with Gasteiger partial charge in [0.2, 0.25) is 0 Å². The van der Waals surface area contributed by atoms with Gasteiger partial charge in [-0.15, -0.1) is 0 Å². The van der Waals surface area contributed by atoms with Gasteiger partial charge in [-0.1, -0.05) is 6.92 Å². The van der Waals surface area contributed by atoms with E-state index in [0.717, 1.165) is 29.9 Å². The van der Waals surface area contributed by atoms with Gasteiger partial charge in [0.1, 0.15) is 29.6 Å². The number of halogens is 2. The Bertz CT molecular complexity index is 602. The third-order valence-electron chi connectivity index (χ3n) is 2.99. The lowest BCUT2D eigenvalue weighted by Gasteiger charge is -2.13. The van der Waals surface area contributed by atoms with Crippen LogP contribution in [-0.2, 0) is 13.0 Å². The van der Waals surface area contributed by atoms with E-state index in [9.17, 15) is 8.78 Å². The Labute approximate surface area is 116 Å². The Morgan fingerprint density at radius 1 is 1.15 bits per heavy atom. The number of benzene rings is 1. The fourth-order valence-corrected chi connectivity index (χ4v) is 1.97. The highest BCUT2D eigenvalue weighted by Gasteiger charge is 2.10. The maximum absolute atomic E-state index is 13.5. The third kappa shape index (κ3) is 3.01. The van der Waals surface area contributed by atoms with Crippen LogP contribution < -0.4 is 10.6 Å². The normalized spacial score (nSPS) is 10.4. The van der Waals surface area contributed by atoms with Crippen molar-refractivity contribution in [1.29, 1.82) is 0 Å². The van der Waals surface area contributed by atoms with E-state index in [1.807, 2.05) is 6.92 Å². The second-order valence-corrected chi connectivity index (χ2v) is 4.24. The van der Waals surface area contributed by atoms with Crippen molar-refractivity contribution in [3.05, 3.63) is 47.3 Å². The van der Waals surface area contributed by atoms with E-state index >= 15 is 0 Å². The first kappa shape index (κ1) is 14.2. The lowest BCUT2D eigenvalue weighted by molar-refractivity contribution is 0.587. The van der Waals surface area contributed by atoms with Gasteiger partial charge in [0, 0.05) is 24.7 Å². The molecule has 2 rings (SSSR count). The second kappa shape index (κ2) is 6.27. The topological polar surface area (TPSA) is 49.8 Å². The molecule has 0 aliphatic rings. The number of hydrogen-bond acceptors (Lipinski definition) is 4. The van der Waals surface area contributed by atoms with E-state index in [0.29, 0.717) is 5.82 Å². The summed E-state index contributed by atoms with van der Waals surface area (Å²) in [6, 6.07) is 3.39. The predicted molar refractivity (Wildman–Crippen MR) is 74.6 cm³/mol. The van der Waals surface area contributed by atoms with E-state index in [2.05, 4.69) is 20.6 Å². The van der Waals surface area contributed by atoms with E-state index < -0.39 is 11.6 Å². The van der Waals surface area contributed by atoms with Crippen molar-refractivity contribution in [3.8, 4) is 0 Å². The van der Waals surface area contributed by atoms with Crippen molar-refractivity contribution in [1.82, 2.24) is 9.97 Å². The van der Waals surface area contributed by atoms with Crippen molar-refractivity contribution < 1.29 is 8.78 Å². The van der Waals surface area contributed by atoms with Gasteiger partial charge in [0.25, 0.3) is 0 Å². The van der Waals surface area contributed by atoms with Crippen LogP contribution in [0.15, 0.2) is 24.5 Å². The number of rotatable bonds is 5. The molecule has 0 aliphatic carbocycles. The largest absolute Gasteiger partial charge is 0.373 e. The van der Waals surface area contributed by atoms with Crippen molar-refractivity contribution in [2.75, 3.05) is 17.7 Å². The summed E-state index contributed by atoms with van der Waals surface area (Å²) in [6.45, 7) is 2.14. The average Bonchev–Trinajstić information content (AvgIpc) is 2.47. The molecule has 4 nitrogen and oxygen atoms in total. The molecule has 0 atom stereocenters. The Morgan fingerprint density at radius 3 is 2.60 bits per heavy atom. The van der Waals surface area contributed by atoms with Crippen LogP contribution in [0.3, 0.4) is 0 Å². The molecule has 0 aliphatic heterocycles. The molecule has 106 valence electrons. The maximum atomic E-state index is 13.5. The molecule has 0 bridgehead atoms. The molecular weight excluding hydrogens is 262 g/mol. The van der Waals surface area contributed by atoms with Gasteiger partial charge in [-0.25, -0.2) is 18.7 Å². The van der Waals surface area contributed by atoms with Gasteiger partial charge in [-0.2, -0.15) is 0 Å². The van der Waals surface area contributed by atoms with E-state index in [1.165, 1.54) is 12.4 Å². The first-order valence-electron chi connectivity index (χ1n) is 6.35. The highest BCUT2D eigenvalue weighted by molar-refractivity contribution is 5.57. The lowest BCUT2D eigenvalue weighted by atomic mass is 10.2. The van der Waals surface area contributed by atoms with Crippen molar-refractivity contribution in [2.45, 2.75) is 19.9 Å². The third-order valence-corrected chi connectivity index (χ3v) is 2.99. The quantitative estimate of drug-likeness (QED) is 0.883. The summed E-state index contributed by atoms with van der Waals surface area (Å²) in [5, 5.41) is 6.01. The van der Waals surface area contributed by atoms with Crippen LogP contribution in [0.2, 0.25) is 0 Å². The van der Waals surface area contributed by atoms with Crippen LogP contribution in [0.4, 0.5) is 20.4 Å². The number of hydrogen-bond donors (Lipinski definition) is 2. The summed E-state index contributed by atoms with van der Waals surface area (Å²) in [4.78, 5) is 8.27. The van der Waals surface area contributed by atoms with E-state index in [1.54, 1.807) is 7.05 Å². The SMILES string of the molecule is CCc1c(NC)ncnc1NCc1cc(F)ccc1F. The zero-order chi connectivity index (χ0) is 14.5. The molecule has 2 N–H and O–H groups in total. The van der Waals surface area contributed by atoms with Crippen LogP contribution in [0.25, 0.3) is 0 Å². The standard InChI is InChI=1S/C14H16F2N4/c1-3-11-13(17-2)19-8-20-14(11)18-7-9-6-10(15)4-5-12(9)16/h4-6,8H,3,7H2,1-2H3,(H2,17,18,19,20). The highest BCUT2D eigenvalue weighted by atomic mass is 19.1. The Hall–Kier alpha value is -2.24. The summed E-state index contributed by atoms with van der Waals surface area (Å²) in [7, 11) is 1.78. The van der Waals surface area contributed by atoms with Crippen molar-refractivity contribution >= 4 is 11.6 Å². The van der Waals surface area contributed by atoms with Gasteiger partial charge in [0.15, 0.2) is 0 Å². The fraction of sp³-hybridized carbons (Fsp3) is 0.286. The minimum Gasteiger partial charge on any atom is -0.373 e. The minimum absolute atomic E-state index is 0.163. The second-order valence-electron chi connectivity index (χ2n) is 4.24. The number of anilines is 2. The number of aromatic nitrogens is 2. The first-order valence-corrected chi connectivity index (χ1v) is 6.35. The smallest absolute Gasteiger partial charge is 0.134 e. The van der Waals surface area contributed by atoms with Gasteiger partial charge >= 0.3 is 0 Å². The summed E-state index contributed by atoms with van der Waals surface area (Å²) in [5.74, 6) is 0.442. The molecule has 0 saturated carbocycles. The highest BCUT2D eigenvalue weighted by Crippen LogP contribution is 2.21. The average molecular weight is 278 g/mol. The van der Waals surface area contributed by atoms with Gasteiger partial charge in [-0.05, 0) is 24.6 Å². The Balaban J connectivity index is 2.20. The van der Waals surface area contributed by atoms with E-state index in [-0.39, 0.29) is 12.1 Å². The Morgan fingerprint density at radius 2 is 1.90 bits per heavy atom. The van der Waals surface area contributed by atoms with Crippen LogP contribution in [0.5, 0.6) is 0 Å². The summed E-state index contributed by atoms with van der Waals surface area (Å²) in [5.41, 5.74) is 1.17. The number of nitrogens with one attached hydrogen (secondary N) is 2. The Kier molecular flexibility index (Phi) is 4.45. The minimum atomic E-state index is -0.461. The molecular formula is C14H16F2N4. The molecule has 1 aromatic heterocycles. The molecule has 0 spiro atoms. The first-order chi connectivity index (χ1) is 9.65. The zero-order valence-corrected chi connectivity index (χ0v) is 11.4. The van der Waals surface area contributed by atoms with Crippen LogP contribution in [0.1, 0.15) is 18.1 Å². The maximum Gasteiger partial charge on any atom is 0.134 e. The molecule has 0 saturated heterocycles. The van der Waals surface area contributed by atoms with Gasteiger partial charge in [0.05, 0.1) is 0 Å². The summed E-state index contributed by atoms with van der Waals surface area (Å²) in [6.07, 6.45) is 2.15. The molecule has 0 fully saturated rings. The summed E-state index contributed by atoms with van der Waals surface area (Å²) >= 11 is 0. The van der Waals surface area contributed by atoms with Crippen LogP contribution >= 0.6 is 0 Å². The molecule has 1 heterocycles. The van der Waals surface area contributed by atoms with Crippen molar-refractivity contribution in [2.24, 2.45) is 0 Å². The molecule has 0 amide bonds. The lowest BCUT2D eigenvalue weighted by Crippen LogP contribution is -2.09. The summed E-state index contributed by atoms with van der Waals surface area (Å²) < 4.78 is 26.7. The van der Waals surface area contributed by atoms with Crippen LogP contribution in [-0.4, -0.2) is 17.0 Å². The van der Waals surface area contributed by atoms with Gasteiger partial charge in [-0.3, -0.25) is 0 Å². The number of nitrogens with zero attached hydrogens (tertiary/aromatic N) is 2. The fourth-order valence-electron chi connectivity index (χ4n) is 1.97. The van der Waals surface area contributed by atoms with E-state index in [4.69, 9.17) is 0 Å². The molecule has 6 heteroatoms. The van der Waals surface area contributed by atoms with Gasteiger partial charge < -0.3 is 10.6 Å². The van der Waals surface area contributed by atoms with Crippen LogP contribution in [0, 0.1) is 11.6 Å². The monoisotopic (exact) mass is 278 g/mol. The molecule has 0 unspecified atom stereocenters. The zero-order valence-electron chi connectivity index (χ0n) is 11.4. The molecule has 2 aromatic rings. The molecule has 0 radical (unpaired) electrons. The van der Waals surface area contributed by atoms with Crippen molar-refractivity contribution in [3.63, 3.8) is 0 Å². The molecule has 1 aromatic carbocycles. The molecule has 20 heavy (non-hydrogen) atoms.